The molecule has 1 aromatic carbocycles. The van der Waals surface area contributed by atoms with E-state index in [9.17, 15) is 0 Å². The molecule has 0 aliphatic heterocycles. The number of nitriles is 3. The zero-order chi connectivity index (χ0) is 14.3. The van der Waals surface area contributed by atoms with Gasteiger partial charge in [0.25, 0.3) is 0 Å². The number of nitrogens with one attached hydrogen (secondary N) is 1. The van der Waals surface area contributed by atoms with Gasteiger partial charge >= 0.3 is 0 Å². The third-order valence-corrected chi connectivity index (χ3v) is 2.31. The summed E-state index contributed by atoms with van der Waals surface area (Å²) < 4.78 is 0. The lowest BCUT2D eigenvalue weighted by Gasteiger charge is -2.10. The predicted molar refractivity (Wildman–Crippen MR) is 71.3 cm³/mol. The molecule has 0 saturated carbocycles. The van der Waals surface area contributed by atoms with Crippen LogP contribution < -0.4 is 5.32 Å². The maximum atomic E-state index is 8.91. The summed E-state index contributed by atoms with van der Waals surface area (Å²) in [5.74, 6) is 0. The van der Waals surface area contributed by atoms with Gasteiger partial charge in [-0.05, 0) is 31.8 Å². The normalized spacial score (nSPS) is 9.05. The Kier molecular flexibility index (Phi) is 5.11. The van der Waals surface area contributed by atoms with Gasteiger partial charge in [-0.25, -0.2) is 0 Å². The van der Waals surface area contributed by atoms with Crippen molar-refractivity contribution in [3.8, 4) is 18.2 Å². The Morgan fingerprint density at radius 3 is 2.05 bits per heavy atom. The highest BCUT2D eigenvalue weighted by Crippen LogP contribution is 2.14. The fourth-order valence-electron chi connectivity index (χ4n) is 1.49. The summed E-state index contributed by atoms with van der Waals surface area (Å²) in [6.07, 6.45) is 0. The first-order valence-electron chi connectivity index (χ1n) is 5.56. The van der Waals surface area contributed by atoms with Crippen LogP contribution >= 0.6 is 0 Å². The number of benzene rings is 1. The Bertz CT molecular complexity index is 575. The van der Waals surface area contributed by atoms with Crippen LogP contribution in [0.1, 0.15) is 5.56 Å². The second-order valence-electron chi connectivity index (χ2n) is 4.15. The molecule has 1 rings (SSSR count). The van der Waals surface area contributed by atoms with Gasteiger partial charge in [-0.3, -0.25) is 0 Å². The fourth-order valence-corrected chi connectivity index (χ4v) is 1.49. The Hall–Kier alpha value is -2.81. The van der Waals surface area contributed by atoms with Crippen LogP contribution in [0.4, 0.5) is 5.69 Å². The number of anilines is 1. The summed E-state index contributed by atoms with van der Waals surface area (Å²) in [7, 11) is 3.96. The molecule has 1 aromatic rings. The maximum absolute atomic E-state index is 8.91. The van der Waals surface area contributed by atoms with E-state index in [2.05, 4.69) is 5.32 Å². The molecule has 0 aliphatic carbocycles. The minimum atomic E-state index is -0.222. The van der Waals surface area contributed by atoms with Crippen LogP contribution in [0, 0.1) is 34.0 Å². The molecule has 0 atom stereocenters. The summed E-state index contributed by atoms with van der Waals surface area (Å²) in [5.41, 5.74) is 1.55. The van der Waals surface area contributed by atoms with E-state index in [0.29, 0.717) is 5.69 Å². The van der Waals surface area contributed by atoms with Crippen LogP contribution in [-0.4, -0.2) is 19.0 Å². The van der Waals surface area contributed by atoms with Crippen molar-refractivity contribution >= 4 is 5.69 Å². The van der Waals surface area contributed by atoms with Crippen molar-refractivity contribution in [2.75, 3.05) is 19.4 Å². The van der Waals surface area contributed by atoms with Crippen molar-refractivity contribution in [2.45, 2.75) is 6.54 Å². The van der Waals surface area contributed by atoms with E-state index in [1.165, 1.54) is 0 Å². The summed E-state index contributed by atoms with van der Waals surface area (Å²) >= 11 is 0. The second-order valence-corrected chi connectivity index (χ2v) is 4.15. The standard InChI is InChI=1S/C14H13N5/c1-19(2)10-11-3-5-13(6-4-11)18-14(9-17)12(7-15)8-16/h3-6,18H,10H2,1-2H3. The number of hydrogen-bond acceptors (Lipinski definition) is 5. The Morgan fingerprint density at radius 1 is 1.05 bits per heavy atom. The van der Waals surface area contributed by atoms with Gasteiger partial charge in [0.1, 0.15) is 23.9 Å². The average molecular weight is 251 g/mol. The highest BCUT2D eigenvalue weighted by atomic mass is 15.0. The van der Waals surface area contributed by atoms with E-state index in [1.807, 2.05) is 49.3 Å². The molecular formula is C14H13N5. The van der Waals surface area contributed by atoms with Gasteiger partial charge in [0.2, 0.25) is 0 Å². The Labute approximate surface area is 112 Å². The van der Waals surface area contributed by atoms with Crippen LogP contribution in [-0.2, 0) is 6.54 Å². The molecule has 19 heavy (non-hydrogen) atoms. The predicted octanol–water partition coefficient (Wildman–Crippen LogP) is 1.98. The van der Waals surface area contributed by atoms with Crippen molar-refractivity contribution < 1.29 is 0 Å². The van der Waals surface area contributed by atoms with Gasteiger partial charge in [-0.1, -0.05) is 12.1 Å². The number of allylic oxidation sites excluding steroid dienone is 2. The minimum Gasteiger partial charge on any atom is -0.345 e. The summed E-state index contributed by atoms with van der Waals surface area (Å²) in [4.78, 5) is 2.05. The van der Waals surface area contributed by atoms with E-state index in [4.69, 9.17) is 15.8 Å². The van der Waals surface area contributed by atoms with Gasteiger partial charge in [-0.2, -0.15) is 15.8 Å². The van der Waals surface area contributed by atoms with Crippen LogP contribution in [0.15, 0.2) is 35.5 Å². The van der Waals surface area contributed by atoms with E-state index >= 15 is 0 Å². The molecule has 0 heterocycles. The van der Waals surface area contributed by atoms with Crippen molar-refractivity contribution in [3.05, 3.63) is 41.1 Å². The van der Waals surface area contributed by atoms with E-state index in [-0.39, 0.29) is 11.3 Å². The van der Waals surface area contributed by atoms with Crippen LogP contribution in [0.25, 0.3) is 0 Å². The smallest absolute Gasteiger partial charge is 0.163 e. The first-order valence-corrected chi connectivity index (χ1v) is 5.56. The molecule has 1 N–H and O–H groups in total. The lowest BCUT2D eigenvalue weighted by molar-refractivity contribution is 0.402. The van der Waals surface area contributed by atoms with Gasteiger partial charge in [-0.15, -0.1) is 0 Å². The SMILES string of the molecule is CN(C)Cc1ccc(NC(C#N)=C(C#N)C#N)cc1. The highest BCUT2D eigenvalue weighted by molar-refractivity contribution is 5.58. The number of hydrogen-bond donors (Lipinski definition) is 1. The quantitative estimate of drug-likeness (QED) is 0.827. The second kappa shape index (κ2) is 6.81. The van der Waals surface area contributed by atoms with Crippen molar-refractivity contribution in [1.82, 2.24) is 4.90 Å². The van der Waals surface area contributed by atoms with Crippen molar-refractivity contribution in [2.24, 2.45) is 0 Å². The monoisotopic (exact) mass is 251 g/mol. The van der Waals surface area contributed by atoms with Gasteiger partial charge < -0.3 is 10.2 Å². The van der Waals surface area contributed by atoms with Crippen LogP contribution in [0.5, 0.6) is 0 Å². The lowest BCUT2D eigenvalue weighted by Crippen LogP contribution is -2.10. The van der Waals surface area contributed by atoms with E-state index < -0.39 is 0 Å². The molecular weight excluding hydrogens is 238 g/mol. The minimum absolute atomic E-state index is 0.0367. The van der Waals surface area contributed by atoms with E-state index in [0.717, 1.165) is 12.1 Å². The highest BCUT2D eigenvalue weighted by Gasteiger charge is 2.05. The number of nitrogens with zero attached hydrogens (tertiary/aromatic N) is 4. The fraction of sp³-hybridized carbons (Fsp3) is 0.214. The molecule has 0 spiro atoms. The molecule has 5 nitrogen and oxygen atoms in total. The zero-order valence-corrected chi connectivity index (χ0v) is 10.8. The molecule has 0 fully saturated rings. The summed E-state index contributed by atoms with van der Waals surface area (Å²) in [6.45, 7) is 0.822. The number of rotatable bonds is 4. The largest absolute Gasteiger partial charge is 0.345 e. The molecule has 0 amide bonds. The van der Waals surface area contributed by atoms with Gasteiger partial charge in [0.15, 0.2) is 5.57 Å². The molecule has 0 radical (unpaired) electrons. The van der Waals surface area contributed by atoms with Gasteiger partial charge in [0, 0.05) is 12.2 Å². The van der Waals surface area contributed by atoms with Crippen LogP contribution in [0.2, 0.25) is 0 Å². The van der Waals surface area contributed by atoms with Crippen molar-refractivity contribution in [1.29, 1.82) is 15.8 Å². The molecule has 0 aromatic heterocycles. The molecule has 0 bridgehead atoms. The molecule has 0 unspecified atom stereocenters. The zero-order valence-electron chi connectivity index (χ0n) is 10.8. The topological polar surface area (TPSA) is 86.6 Å². The molecule has 0 saturated heterocycles. The first-order chi connectivity index (χ1) is 9.10. The molecule has 0 aliphatic rings. The van der Waals surface area contributed by atoms with Crippen LogP contribution in [0.3, 0.4) is 0 Å². The lowest BCUT2D eigenvalue weighted by atomic mass is 10.2. The Morgan fingerprint density at radius 2 is 1.63 bits per heavy atom. The summed E-state index contributed by atoms with van der Waals surface area (Å²) in [5, 5.41) is 29.1. The maximum Gasteiger partial charge on any atom is 0.163 e. The third-order valence-electron chi connectivity index (χ3n) is 2.31. The molecule has 5 heteroatoms. The summed E-state index contributed by atoms with van der Waals surface area (Å²) in [6, 6.07) is 12.7. The van der Waals surface area contributed by atoms with Crippen molar-refractivity contribution in [3.63, 3.8) is 0 Å². The van der Waals surface area contributed by atoms with E-state index in [1.54, 1.807) is 12.1 Å². The van der Waals surface area contributed by atoms with Gasteiger partial charge in [0.05, 0.1) is 0 Å². The average Bonchev–Trinajstić information content (AvgIpc) is 2.40. The molecule has 94 valence electrons. The Balaban J connectivity index is 2.90. The third kappa shape index (κ3) is 4.16. The first kappa shape index (κ1) is 14.3.